The smallest absolute Gasteiger partial charge is 0.265 e. The summed E-state index contributed by atoms with van der Waals surface area (Å²) >= 11 is 0. The van der Waals surface area contributed by atoms with Crippen LogP contribution in [0.4, 0.5) is 5.69 Å². The van der Waals surface area contributed by atoms with E-state index in [0.29, 0.717) is 18.0 Å². The van der Waals surface area contributed by atoms with E-state index >= 15 is 0 Å². The van der Waals surface area contributed by atoms with E-state index in [9.17, 15) is 9.59 Å². The Hall–Kier alpha value is -2.08. The Labute approximate surface area is 161 Å². The summed E-state index contributed by atoms with van der Waals surface area (Å²) in [5, 5.41) is 2.96. The van der Waals surface area contributed by atoms with Crippen molar-refractivity contribution < 1.29 is 14.3 Å². The van der Waals surface area contributed by atoms with Gasteiger partial charge in [0.1, 0.15) is 12.3 Å². The molecule has 27 heavy (non-hydrogen) atoms. The Morgan fingerprint density at radius 3 is 2.63 bits per heavy atom. The molecule has 0 spiro atoms. The first kappa shape index (κ1) is 19.7. The lowest BCUT2D eigenvalue weighted by molar-refractivity contribution is -0.125. The maximum atomic E-state index is 12.4. The van der Waals surface area contributed by atoms with Gasteiger partial charge in [0.15, 0.2) is 6.61 Å². The van der Waals surface area contributed by atoms with E-state index in [0.717, 1.165) is 25.2 Å². The van der Waals surface area contributed by atoms with Gasteiger partial charge >= 0.3 is 0 Å². The van der Waals surface area contributed by atoms with Gasteiger partial charge in [-0.05, 0) is 49.0 Å². The third-order valence-corrected chi connectivity index (χ3v) is 5.27. The lowest BCUT2D eigenvalue weighted by atomic mass is 9.86. The molecule has 148 valence electrons. The molecule has 1 fully saturated rings. The number of carbonyl (C=O) groups excluding carboxylic acids is 2. The van der Waals surface area contributed by atoms with Crippen LogP contribution >= 0.6 is 0 Å². The first-order valence-electron chi connectivity index (χ1n) is 9.91. The Morgan fingerprint density at radius 2 is 1.93 bits per heavy atom. The van der Waals surface area contributed by atoms with Crippen molar-refractivity contribution in [3.05, 3.63) is 23.8 Å². The monoisotopic (exact) mass is 373 g/mol. The van der Waals surface area contributed by atoms with Crippen molar-refractivity contribution >= 4 is 17.5 Å². The van der Waals surface area contributed by atoms with Gasteiger partial charge in [-0.25, -0.2) is 0 Å². The molecule has 0 atom stereocenters. The van der Waals surface area contributed by atoms with Gasteiger partial charge in [-0.3, -0.25) is 14.5 Å². The number of likely N-dealkylation sites (tertiary alicyclic amines) is 1. The Kier molecular flexibility index (Phi) is 6.05. The van der Waals surface area contributed by atoms with Crippen molar-refractivity contribution in [3.8, 4) is 5.75 Å². The Balaban J connectivity index is 1.62. The van der Waals surface area contributed by atoms with Crippen molar-refractivity contribution in [2.75, 3.05) is 44.2 Å². The number of amides is 2. The number of carbonyl (C=O) groups is 2. The summed E-state index contributed by atoms with van der Waals surface area (Å²) in [4.78, 5) is 28.7. The van der Waals surface area contributed by atoms with Crippen LogP contribution in [-0.4, -0.2) is 56.0 Å². The molecule has 0 unspecified atom stereocenters. The summed E-state index contributed by atoms with van der Waals surface area (Å²) in [6.45, 7) is 10.1. The van der Waals surface area contributed by atoms with Crippen LogP contribution in [0.25, 0.3) is 0 Å². The van der Waals surface area contributed by atoms with E-state index in [1.807, 2.05) is 18.2 Å². The van der Waals surface area contributed by atoms with Crippen molar-refractivity contribution in [3.63, 3.8) is 0 Å². The normalized spacial score (nSPS) is 18.0. The summed E-state index contributed by atoms with van der Waals surface area (Å²) in [6, 6.07) is 5.88. The largest absolute Gasteiger partial charge is 0.482 e. The fourth-order valence-electron chi connectivity index (χ4n) is 3.58. The molecule has 2 aliphatic rings. The van der Waals surface area contributed by atoms with E-state index in [1.54, 1.807) is 4.90 Å². The molecule has 2 heterocycles. The third kappa shape index (κ3) is 5.01. The molecule has 1 N–H and O–H groups in total. The zero-order chi connectivity index (χ0) is 19.4. The number of nitrogens with one attached hydrogen (secondary N) is 1. The number of piperidine rings is 1. The third-order valence-electron chi connectivity index (χ3n) is 5.27. The molecule has 0 aromatic heterocycles. The highest BCUT2D eigenvalue weighted by Gasteiger charge is 2.29. The standard InChI is InChI=1S/C21H31N3O3/c1-21(2,3)16-7-8-18-17(13-16)24(20(26)15-27-18)14-19(25)22-9-12-23-10-5-4-6-11-23/h7-8,13H,4-6,9-12,14-15H2,1-3H3,(H,22,25). The van der Waals surface area contributed by atoms with E-state index in [-0.39, 0.29) is 30.4 Å². The van der Waals surface area contributed by atoms with Crippen molar-refractivity contribution in [1.29, 1.82) is 0 Å². The van der Waals surface area contributed by atoms with Crippen molar-refractivity contribution in [2.45, 2.75) is 45.4 Å². The number of nitrogens with zero attached hydrogens (tertiary/aromatic N) is 2. The number of hydrogen-bond acceptors (Lipinski definition) is 4. The van der Waals surface area contributed by atoms with Crippen LogP contribution in [0, 0.1) is 0 Å². The number of anilines is 1. The van der Waals surface area contributed by atoms with E-state index < -0.39 is 0 Å². The lowest BCUT2D eigenvalue weighted by Crippen LogP contribution is -2.46. The van der Waals surface area contributed by atoms with Gasteiger partial charge in [-0.15, -0.1) is 0 Å². The highest BCUT2D eigenvalue weighted by Crippen LogP contribution is 2.36. The molecule has 0 bridgehead atoms. The quantitative estimate of drug-likeness (QED) is 0.860. The number of hydrogen-bond donors (Lipinski definition) is 1. The number of rotatable bonds is 5. The number of fused-ring (bicyclic) bond motifs is 1. The molecule has 6 nitrogen and oxygen atoms in total. The maximum Gasteiger partial charge on any atom is 0.265 e. The number of ether oxygens (including phenoxy) is 1. The maximum absolute atomic E-state index is 12.4. The Morgan fingerprint density at radius 1 is 1.19 bits per heavy atom. The van der Waals surface area contributed by atoms with Crippen LogP contribution in [0.2, 0.25) is 0 Å². The molecular formula is C21H31N3O3. The minimum Gasteiger partial charge on any atom is -0.482 e. The molecule has 0 radical (unpaired) electrons. The van der Waals surface area contributed by atoms with Gasteiger partial charge in [0, 0.05) is 13.1 Å². The second-order valence-electron chi connectivity index (χ2n) is 8.45. The van der Waals surface area contributed by atoms with E-state index in [2.05, 4.69) is 31.0 Å². The molecule has 1 aromatic rings. The van der Waals surface area contributed by atoms with Gasteiger partial charge in [0.2, 0.25) is 5.91 Å². The van der Waals surface area contributed by atoms with Gasteiger partial charge < -0.3 is 15.0 Å². The Bertz CT molecular complexity index is 690. The van der Waals surface area contributed by atoms with Gasteiger partial charge in [0.05, 0.1) is 5.69 Å². The molecule has 2 amide bonds. The summed E-state index contributed by atoms with van der Waals surface area (Å²) in [6.07, 6.45) is 3.78. The first-order chi connectivity index (χ1) is 12.8. The fourth-order valence-corrected chi connectivity index (χ4v) is 3.58. The second-order valence-corrected chi connectivity index (χ2v) is 8.45. The van der Waals surface area contributed by atoms with Crippen LogP contribution in [0.5, 0.6) is 5.75 Å². The average molecular weight is 373 g/mol. The van der Waals surface area contributed by atoms with Crippen LogP contribution < -0.4 is 15.0 Å². The molecule has 6 heteroatoms. The average Bonchev–Trinajstić information content (AvgIpc) is 2.64. The van der Waals surface area contributed by atoms with Gasteiger partial charge in [-0.1, -0.05) is 33.3 Å². The molecule has 1 saturated heterocycles. The molecule has 2 aliphatic heterocycles. The van der Waals surface area contributed by atoms with Crippen LogP contribution in [-0.2, 0) is 15.0 Å². The zero-order valence-corrected chi connectivity index (χ0v) is 16.7. The number of benzene rings is 1. The highest BCUT2D eigenvalue weighted by atomic mass is 16.5. The van der Waals surface area contributed by atoms with Crippen molar-refractivity contribution in [1.82, 2.24) is 10.2 Å². The topological polar surface area (TPSA) is 61.9 Å². The van der Waals surface area contributed by atoms with Crippen LogP contribution in [0.1, 0.15) is 45.6 Å². The second kappa shape index (κ2) is 8.30. The molecule has 1 aromatic carbocycles. The van der Waals surface area contributed by atoms with Crippen LogP contribution in [0.3, 0.4) is 0 Å². The molecule has 0 saturated carbocycles. The first-order valence-corrected chi connectivity index (χ1v) is 9.91. The minimum atomic E-state index is -0.181. The molecule has 0 aliphatic carbocycles. The van der Waals surface area contributed by atoms with Crippen molar-refractivity contribution in [2.24, 2.45) is 0 Å². The predicted molar refractivity (Wildman–Crippen MR) is 106 cm³/mol. The lowest BCUT2D eigenvalue weighted by Gasteiger charge is -2.31. The minimum absolute atomic E-state index is 0.0249. The molecule has 3 rings (SSSR count). The van der Waals surface area contributed by atoms with E-state index in [4.69, 9.17) is 4.74 Å². The fraction of sp³-hybridized carbons (Fsp3) is 0.619. The SMILES string of the molecule is CC(C)(C)c1ccc2c(c1)N(CC(=O)NCCN1CCCCC1)C(=O)CO2. The zero-order valence-electron chi connectivity index (χ0n) is 16.7. The highest BCUT2D eigenvalue weighted by molar-refractivity contribution is 6.02. The summed E-state index contributed by atoms with van der Waals surface area (Å²) in [5.74, 6) is 0.345. The van der Waals surface area contributed by atoms with Crippen LogP contribution in [0.15, 0.2) is 18.2 Å². The van der Waals surface area contributed by atoms with E-state index in [1.165, 1.54) is 19.3 Å². The summed E-state index contributed by atoms with van der Waals surface area (Å²) < 4.78 is 5.55. The summed E-state index contributed by atoms with van der Waals surface area (Å²) in [5.41, 5.74) is 1.75. The van der Waals surface area contributed by atoms with Gasteiger partial charge in [-0.2, -0.15) is 0 Å². The summed E-state index contributed by atoms with van der Waals surface area (Å²) in [7, 11) is 0. The van der Waals surface area contributed by atoms with Gasteiger partial charge in [0.25, 0.3) is 5.91 Å². The predicted octanol–water partition coefficient (Wildman–Crippen LogP) is 2.31. The molecular weight excluding hydrogens is 342 g/mol.